The molecule has 10 heteroatoms. The quantitative estimate of drug-likeness (QED) is 0.216. The van der Waals surface area contributed by atoms with Gasteiger partial charge in [-0.05, 0) is 58.5 Å². The molecule has 4 rings (SSSR count). The molecule has 2 aromatic carbocycles. The van der Waals surface area contributed by atoms with Gasteiger partial charge < -0.3 is 26.2 Å². The molecule has 1 atom stereocenters. The molecular weight excluding hydrogens is 477 g/mol. The van der Waals surface area contributed by atoms with E-state index in [0.29, 0.717) is 40.1 Å². The number of benzene rings is 2. The lowest BCUT2D eigenvalue weighted by molar-refractivity contribution is 0.0697. The number of nitrogens with zero attached hydrogens (tertiary/aromatic N) is 3. The van der Waals surface area contributed by atoms with E-state index in [9.17, 15) is 9.90 Å². The van der Waals surface area contributed by atoms with Gasteiger partial charge in [0.15, 0.2) is 21.2 Å². The van der Waals surface area contributed by atoms with Gasteiger partial charge in [0.05, 0.1) is 11.1 Å². The summed E-state index contributed by atoms with van der Waals surface area (Å²) in [7, 11) is 0. The number of nitrogens with two attached hydrogens (primary N) is 2. The Bertz CT molecular complexity index is 1160. The molecule has 2 heterocycles. The van der Waals surface area contributed by atoms with Gasteiger partial charge in [0.2, 0.25) is 6.79 Å². The van der Waals surface area contributed by atoms with Gasteiger partial charge in [-0.1, -0.05) is 6.07 Å². The van der Waals surface area contributed by atoms with E-state index in [2.05, 4.69) is 9.98 Å². The topological polar surface area (TPSA) is 138 Å². The van der Waals surface area contributed by atoms with Crippen molar-refractivity contribution in [1.29, 1.82) is 0 Å². The van der Waals surface area contributed by atoms with Gasteiger partial charge in [0, 0.05) is 11.8 Å². The summed E-state index contributed by atoms with van der Waals surface area (Å²) in [6, 6.07) is 10.2. The second-order valence-corrected chi connectivity index (χ2v) is 7.40. The minimum atomic E-state index is -1.03. The maximum absolute atomic E-state index is 11.3. The zero-order chi connectivity index (χ0) is 19.8. The molecule has 1 aliphatic heterocycles. The molecule has 0 saturated heterocycles. The monoisotopic (exact) mass is 493 g/mol. The number of fused-ring (bicyclic) bond motifs is 2. The number of halogens is 1. The summed E-state index contributed by atoms with van der Waals surface area (Å²) < 4.78 is 11.6. The molecular formula is C18H16IN5O4. The average Bonchev–Trinajstić information content (AvgIpc) is 3.12. The maximum Gasteiger partial charge on any atom is 0.335 e. The standard InChI is InChI=1S/C18H16IN5O4/c19-18(20)23-16-11-3-2-10(17(25)26)7-12(11)22-15(24(16)21)6-9-1-4-13-14(5-9)28-8-27-13/h1-5,7,18H,6,8,20-21H2,(H,25,26). The number of aromatic nitrogens is 2. The van der Waals surface area contributed by atoms with Crippen LogP contribution in [0.1, 0.15) is 21.7 Å². The van der Waals surface area contributed by atoms with Gasteiger partial charge in [-0.2, -0.15) is 0 Å². The highest BCUT2D eigenvalue weighted by Gasteiger charge is 2.16. The predicted molar refractivity (Wildman–Crippen MR) is 110 cm³/mol. The Balaban J connectivity index is 1.87. The molecule has 9 nitrogen and oxygen atoms in total. The molecule has 144 valence electrons. The number of carboxylic acids is 1. The lowest BCUT2D eigenvalue weighted by atomic mass is 10.1. The van der Waals surface area contributed by atoms with Crippen LogP contribution in [0.4, 0.5) is 0 Å². The van der Waals surface area contributed by atoms with Crippen molar-refractivity contribution in [3.8, 4) is 11.5 Å². The third kappa shape index (κ3) is 3.47. The van der Waals surface area contributed by atoms with Crippen molar-refractivity contribution >= 4 is 39.5 Å². The van der Waals surface area contributed by atoms with Crippen LogP contribution < -0.4 is 26.5 Å². The fourth-order valence-corrected chi connectivity index (χ4v) is 3.26. The number of nitrogen functional groups attached to an aromatic ring is 1. The summed E-state index contributed by atoms with van der Waals surface area (Å²) >= 11 is 1.97. The average molecular weight is 493 g/mol. The molecule has 0 radical (unpaired) electrons. The molecule has 1 aromatic heterocycles. The number of ether oxygens (including phenoxy) is 2. The Hall–Kier alpha value is -2.86. The van der Waals surface area contributed by atoms with Crippen molar-refractivity contribution in [3.63, 3.8) is 0 Å². The van der Waals surface area contributed by atoms with E-state index in [1.165, 1.54) is 16.8 Å². The van der Waals surface area contributed by atoms with E-state index in [-0.39, 0.29) is 12.4 Å². The molecule has 28 heavy (non-hydrogen) atoms. The SMILES string of the molecule is NC(I)N=c1c2ccc(C(=O)O)cc2nc(Cc2ccc3c(c2)OCO3)n1N. The third-order valence-electron chi connectivity index (χ3n) is 4.29. The Kier molecular flexibility index (Phi) is 4.81. The minimum Gasteiger partial charge on any atom is -0.478 e. The number of carbonyl (C=O) groups is 1. The van der Waals surface area contributed by atoms with Crippen LogP contribution in [0.3, 0.4) is 0 Å². The summed E-state index contributed by atoms with van der Waals surface area (Å²) in [5.41, 5.74) is 7.79. The number of aromatic carboxylic acids is 1. The van der Waals surface area contributed by atoms with Crippen molar-refractivity contribution in [2.24, 2.45) is 10.7 Å². The molecule has 0 saturated carbocycles. The van der Waals surface area contributed by atoms with E-state index in [0.717, 1.165) is 5.56 Å². The molecule has 0 amide bonds. The fraction of sp³-hybridized carbons (Fsp3) is 0.167. The van der Waals surface area contributed by atoms with Gasteiger partial charge in [-0.25, -0.2) is 19.4 Å². The Morgan fingerprint density at radius 3 is 2.82 bits per heavy atom. The van der Waals surface area contributed by atoms with Gasteiger partial charge in [0.25, 0.3) is 0 Å². The van der Waals surface area contributed by atoms with Gasteiger partial charge in [0.1, 0.15) is 5.82 Å². The first-order valence-electron chi connectivity index (χ1n) is 8.28. The largest absolute Gasteiger partial charge is 0.478 e. The number of carboxylic acid groups (broad SMARTS) is 1. The van der Waals surface area contributed by atoms with E-state index in [1.807, 2.05) is 40.8 Å². The first kappa shape index (κ1) is 18.5. The van der Waals surface area contributed by atoms with Crippen LogP contribution in [-0.2, 0) is 6.42 Å². The maximum atomic E-state index is 11.3. The van der Waals surface area contributed by atoms with E-state index in [1.54, 1.807) is 6.07 Å². The van der Waals surface area contributed by atoms with Crippen LogP contribution in [0.15, 0.2) is 41.4 Å². The fourth-order valence-electron chi connectivity index (χ4n) is 3.00. The van der Waals surface area contributed by atoms with Gasteiger partial charge in [-0.3, -0.25) is 0 Å². The summed E-state index contributed by atoms with van der Waals surface area (Å²) in [5.74, 6) is 7.11. The molecule has 0 fully saturated rings. The molecule has 0 aliphatic carbocycles. The van der Waals surface area contributed by atoms with Crippen molar-refractivity contribution in [3.05, 3.63) is 58.8 Å². The van der Waals surface area contributed by atoms with Gasteiger partial charge >= 0.3 is 5.97 Å². The smallest absolute Gasteiger partial charge is 0.335 e. The minimum absolute atomic E-state index is 0.133. The zero-order valence-electron chi connectivity index (χ0n) is 14.5. The van der Waals surface area contributed by atoms with Crippen LogP contribution in [0.25, 0.3) is 10.9 Å². The van der Waals surface area contributed by atoms with E-state index in [4.69, 9.17) is 21.1 Å². The van der Waals surface area contributed by atoms with E-state index >= 15 is 0 Å². The summed E-state index contributed by atoms with van der Waals surface area (Å²) in [4.78, 5) is 20.3. The molecule has 1 unspecified atom stereocenters. The van der Waals surface area contributed by atoms with Crippen LogP contribution >= 0.6 is 22.6 Å². The summed E-state index contributed by atoms with van der Waals surface area (Å²) in [5, 5.41) is 9.90. The Morgan fingerprint density at radius 1 is 1.29 bits per heavy atom. The molecule has 0 bridgehead atoms. The summed E-state index contributed by atoms with van der Waals surface area (Å²) in [6.07, 6.45) is 0.388. The first-order valence-corrected chi connectivity index (χ1v) is 9.53. The summed E-state index contributed by atoms with van der Waals surface area (Å²) in [6.45, 7) is 0.193. The predicted octanol–water partition coefficient (Wildman–Crippen LogP) is 1.35. The highest BCUT2D eigenvalue weighted by molar-refractivity contribution is 14.1. The van der Waals surface area contributed by atoms with E-state index < -0.39 is 10.1 Å². The number of hydrogen-bond donors (Lipinski definition) is 3. The number of hydrogen-bond acceptors (Lipinski definition) is 7. The highest BCUT2D eigenvalue weighted by Crippen LogP contribution is 2.33. The van der Waals surface area contributed by atoms with Crippen molar-refractivity contribution in [2.75, 3.05) is 12.6 Å². The normalized spacial score (nSPS) is 14.4. The van der Waals surface area contributed by atoms with Crippen LogP contribution in [0.5, 0.6) is 11.5 Å². The van der Waals surface area contributed by atoms with Crippen molar-refractivity contribution in [2.45, 2.75) is 10.6 Å². The molecule has 5 N–H and O–H groups in total. The van der Waals surface area contributed by atoms with Crippen LogP contribution in [0.2, 0.25) is 0 Å². The molecule has 0 spiro atoms. The van der Waals surface area contributed by atoms with Crippen LogP contribution in [0, 0.1) is 0 Å². The number of alkyl halides is 1. The second kappa shape index (κ2) is 7.28. The van der Waals surface area contributed by atoms with Crippen molar-refractivity contribution < 1.29 is 19.4 Å². The Labute approximate surface area is 172 Å². The lowest BCUT2D eigenvalue weighted by Gasteiger charge is -2.12. The second-order valence-electron chi connectivity index (χ2n) is 6.12. The first-order chi connectivity index (χ1) is 13.4. The lowest BCUT2D eigenvalue weighted by Crippen LogP contribution is -2.34. The zero-order valence-corrected chi connectivity index (χ0v) is 16.7. The van der Waals surface area contributed by atoms with Crippen LogP contribution in [-0.4, -0.2) is 31.7 Å². The third-order valence-corrected chi connectivity index (χ3v) is 4.56. The highest BCUT2D eigenvalue weighted by atomic mass is 127. The molecule has 1 aliphatic rings. The number of rotatable bonds is 4. The molecule has 3 aromatic rings. The Morgan fingerprint density at radius 2 is 2.07 bits per heavy atom. The van der Waals surface area contributed by atoms with Crippen molar-refractivity contribution in [1.82, 2.24) is 9.66 Å². The van der Waals surface area contributed by atoms with Gasteiger partial charge in [-0.15, -0.1) is 0 Å².